The van der Waals surface area contributed by atoms with Crippen molar-refractivity contribution >= 4 is 23.7 Å². The molecule has 0 spiro atoms. The number of rotatable bonds is 11. The third kappa shape index (κ3) is 7.76. The molecule has 8 N–H and O–H groups in total. The van der Waals surface area contributed by atoms with E-state index in [1.165, 1.54) is 6.92 Å². The van der Waals surface area contributed by atoms with Gasteiger partial charge < -0.3 is 37.0 Å². The molecule has 0 aromatic heterocycles. The Morgan fingerprint density at radius 1 is 1.08 bits per heavy atom. The third-order valence-corrected chi connectivity index (χ3v) is 3.86. The van der Waals surface area contributed by atoms with Gasteiger partial charge in [0.2, 0.25) is 17.7 Å². The van der Waals surface area contributed by atoms with E-state index >= 15 is 0 Å². The Kier molecular flexibility index (Phi) is 10.4. The lowest BCUT2D eigenvalue weighted by Crippen LogP contribution is -2.56. The predicted octanol–water partition coefficient (Wildman–Crippen LogP) is -3.10. The molecule has 0 aliphatic carbocycles. The summed E-state index contributed by atoms with van der Waals surface area (Å²) < 4.78 is 0. The van der Waals surface area contributed by atoms with E-state index in [4.69, 9.17) is 10.8 Å². The summed E-state index contributed by atoms with van der Waals surface area (Å²) in [7, 11) is 0. The molecule has 11 heteroatoms. The first-order valence-electron chi connectivity index (χ1n) is 8.19. The van der Waals surface area contributed by atoms with Crippen LogP contribution in [0.4, 0.5) is 0 Å². The first kappa shape index (κ1) is 23.8. The van der Waals surface area contributed by atoms with Gasteiger partial charge in [0.15, 0.2) is 0 Å². The SMILES string of the molecule is CCC(C)C(NC(=O)C(CO)NC(=O)CNC(=O)C(N)C(C)O)C(=O)O. The first-order valence-corrected chi connectivity index (χ1v) is 8.19. The van der Waals surface area contributed by atoms with E-state index in [-0.39, 0.29) is 5.92 Å². The van der Waals surface area contributed by atoms with Gasteiger partial charge in [-0.25, -0.2) is 4.79 Å². The van der Waals surface area contributed by atoms with Crippen LogP contribution < -0.4 is 21.7 Å². The van der Waals surface area contributed by atoms with Crippen LogP contribution in [0.2, 0.25) is 0 Å². The van der Waals surface area contributed by atoms with Gasteiger partial charge in [0.1, 0.15) is 18.1 Å². The number of carboxylic acids is 1. The van der Waals surface area contributed by atoms with Crippen molar-refractivity contribution in [2.75, 3.05) is 13.2 Å². The number of nitrogens with one attached hydrogen (secondary N) is 3. The highest BCUT2D eigenvalue weighted by atomic mass is 16.4. The maximum atomic E-state index is 12.1. The van der Waals surface area contributed by atoms with E-state index in [1.54, 1.807) is 13.8 Å². The van der Waals surface area contributed by atoms with Gasteiger partial charge in [-0.3, -0.25) is 14.4 Å². The Labute approximate surface area is 151 Å². The molecule has 0 aliphatic rings. The monoisotopic (exact) mass is 376 g/mol. The molecule has 11 nitrogen and oxygen atoms in total. The van der Waals surface area contributed by atoms with E-state index in [1.807, 2.05) is 0 Å². The topological polar surface area (TPSA) is 191 Å². The maximum Gasteiger partial charge on any atom is 0.326 e. The van der Waals surface area contributed by atoms with Crippen LogP contribution in [-0.4, -0.2) is 76.4 Å². The fourth-order valence-corrected chi connectivity index (χ4v) is 1.88. The summed E-state index contributed by atoms with van der Waals surface area (Å²) >= 11 is 0. The second kappa shape index (κ2) is 11.4. The molecule has 0 aromatic rings. The van der Waals surface area contributed by atoms with Crippen LogP contribution in [-0.2, 0) is 19.2 Å². The van der Waals surface area contributed by atoms with Crippen molar-refractivity contribution in [1.82, 2.24) is 16.0 Å². The molecular formula is C15H28N4O7. The van der Waals surface area contributed by atoms with Gasteiger partial charge in [-0.15, -0.1) is 0 Å². The van der Waals surface area contributed by atoms with Crippen LogP contribution in [0.1, 0.15) is 27.2 Å². The summed E-state index contributed by atoms with van der Waals surface area (Å²) in [5.41, 5.74) is 5.39. The molecule has 0 saturated heterocycles. The van der Waals surface area contributed by atoms with E-state index in [2.05, 4.69) is 16.0 Å². The van der Waals surface area contributed by atoms with Crippen LogP contribution in [0.15, 0.2) is 0 Å². The average Bonchev–Trinajstić information content (AvgIpc) is 2.59. The van der Waals surface area contributed by atoms with E-state index in [0.29, 0.717) is 6.42 Å². The quantitative estimate of drug-likeness (QED) is 0.197. The minimum absolute atomic E-state index is 0.354. The fraction of sp³-hybridized carbons (Fsp3) is 0.733. The van der Waals surface area contributed by atoms with Crippen molar-refractivity contribution in [3.8, 4) is 0 Å². The smallest absolute Gasteiger partial charge is 0.326 e. The number of carbonyl (C=O) groups excluding carboxylic acids is 3. The molecular weight excluding hydrogens is 348 g/mol. The van der Waals surface area contributed by atoms with Gasteiger partial charge in [0.05, 0.1) is 19.3 Å². The molecule has 150 valence electrons. The highest BCUT2D eigenvalue weighted by Gasteiger charge is 2.29. The zero-order valence-corrected chi connectivity index (χ0v) is 15.1. The molecule has 0 bridgehead atoms. The molecule has 0 heterocycles. The van der Waals surface area contributed by atoms with Crippen molar-refractivity contribution in [1.29, 1.82) is 0 Å². The van der Waals surface area contributed by atoms with Gasteiger partial charge in [0.25, 0.3) is 0 Å². The van der Waals surface area contributed by atoms with Crippen LogP contribution >= 0.6 is 0 Å². The molecule has 0 radical (unpaired) electrons. The lowest BCUT2D eigenvalue weighted by molar-refractivity contribution is -0.144. The maximum absolute atomic E-state index is 12.1. The van der Waals surface area contributed by atoms with Crippen LogP contribution in [0.25, 0.3) is 0 Å². The number of hydrogen-bond acceptors (Lipinski definition) is 7. The van der Waals surface area contributed by atoms with Gasteiger partial charge in [-0.1, -0.05) is 20.3 Å². The Morgan fingerprint density at radius 3 is 2.08 bits per heavy atom. The number of aliphatic carboxylic acids is 1. The van der Waals surface area contributed by atoms with Gasteiger partial charge in [-0.05, 0) is 12.8 Å². The number of nitrogens with two attached hydrogens (primary N) is 1. The number of aliphatic hydroxyl groups excluding tert-OH is 2. The van der Waals surface area contributed by atoms with Crippen molar-refractivity contribution < 1.29 is 34.5 Å². The molecule has 0 fully saturated rings. The molecule has 0 aromatic carbocycles. The normalized spacial score (nSPS) is 16.5. The van der Waals surface area contributed by atoms with E-state index < -0.39 is 61.1 Å². The van der Waals surface area contributed by atoms with Crippen molar-refractivity contribution in [3.05, 3.63) is 0 Å². The summed E-state index contributed by atoms with van der Waals surface area (Å²) in [4.78, 5) is 46.6. The lowest BCUT2D eigenvalue weighted by Gasteiger charge is -2.23. The number of amides is 3. The second-order valence-electron chi connectivity index (χ2n) is 6.00. The summed E-state index contributed by atoms with van der Waals surface area (Å²) in [5.74, 6) is -3.99. The predicted molar refractivity (Wildman–Crippen MR) is 90.7 cm³/mol. The van der Waals surface area contributed by atoms with Gasteiger partial charge >= 0.3 is 5.97 Å². The Bertz CT molecular complexity index is 512. The molecule has 5 atom stereocenters. The number of carboxylic acid groups (broad SMARTS) is 1. The van der Waals surface area contributed by atoms with Gasteiger partial charge in [0, 0.05) is 0 Å². The first-order chi connectivity index (χ1) is 12.0. The Hall–Kier alpha value is -2.24. The minimum atomic E-state index is -1.38. The number of carbonyl (C=O) groups is 4. The molecule has 0 saturated carbocycles. The zero-order chi connectivity index (χ0) is 20.4. The molecule has 0 rings (SSSR count). The Balaban J connectivity index is 4.68. The highest BCUT2D eigenvalue weighted by Crippen LogP contribution is 2.08. The minimum Gasteiger partial charge on any atom is -0.480 e. The summed E-state index contributed by atoms with van der Waals surface area (Å²) in [6.45, 7) is 3.43. The van der Waals surface area contributed by atoms with E-state index in [0.717, 1.165) is 0 Å². The van der Waals surface area contributed by atoms with Crippen molar-refractivity contribution in [2.45, 2.75) is 51.4 Å². The molecule has 26 heavy (non-hydrogen) atoms. The molecule has 5 unspecified atom stereocenters. The van der Waals surface area contributed by atoms with Gasteiger partial charge in [-0.2, -0.15) is 0 Å². The van der Waals surface area contributed by atoms with Crippen molar-refractivity contribution in [2.24, 2.45) is 11.7 Å². The van der Waals surface area contributed by atoms with Crippen LogP contribution in [0, 0.1) is 5.92 Å². The lowest BCUT2D eigenvalue weighted by atomic mass is 9.99. The third-order valence-electron chi connectivity index (χ3n) is 3.86. The summed E-state index contributed by atoms with van der Waals surface area (Å²) in [6.07, 6.45) is -0.606. The summed E-state index contributed by atoms with van der Waals surface area (Å²) in [6, 6.07) is -3.76. The van der Waals surface area contributed by atoms with Crippen molar-refractivity contribution in [3.63, 3.8) is 0 Å². The Morgan fingerprint density at radius 2 is 1.65 bits per heavy atom. The zero-order valence-electron chi connectivity index (χ0n) is 15.1. The number of hydrogen-bond donors (Lipinski definition) is 7. The second-order valence-corrected chi connectivity index (χ2v) is 6.00. The molecule has 0 aliphatic heterocycles. The van der Waals surface area contributed by atoms with Crippen LogP contribution in [0.5, 0.6) is 0 Å². The molecule has 3 amide bonds. The van der Waals surface area contributed by atoms with E-state index in [9.17, 15) is 29.4 Å². The standard InChI is InChI=1S/C15H28N4O7/c1-4-7(2)12(15(25)26)19-13(23)9(6-20)18-10(22)5-17-14(24)11(16)8(3)21/h7-9,11-12,20-21H,4-6,16H2,1-3H3,(H,17,24)(H,18,22)(H,19,23)(H,25,26). The summed E-state index contributed by atoms with van der Waals surface area (Å²) in [5, 5.41) is 34.2. The largest absolute Gasteiger partial charge is 0.480 e. The number of aliphatic hydroxyl groups is 2. The highest BCUT2D eigenvalue weighted by molar-refractivity contribution is 5.92. The fourth-order valence-electron chi connectivity index (χ4n) is 1.88. The van der Waals surface area contributed by atoms with Crippen LogP contribution in [0.3, 0.4) is 0 Å². The average molecular weight is 376 g/mol.